The third-order valence-electron chi connectivity index (χ3n) is 3.65. The molecule has 0 bridgehead atoms. The Labute approximate surface area is 125 Å². The Hall–Kier alpha value is -1.75. The number of rotatable bonds is 3. The number of fused-ring (bicyclic) bond motifs is 1. The van der Waals surface area contributed by atoms with Crippen LogP contribution in [0.1, 0.15) is 22.6 Å². The van der Waals surface area contributed by atoms with Crippen LogP contribution in [0, 0.1) is 0 Å². The number of nitrogens with zero attached hydrogens (tertiary/aromatic N) is 1. The fourth-order valence-corrected chi connectivity index (χ4v) is 2.72. The number of alkyl halides is 3. The van der Waals surface area contributed by atoms with Crippen molar-refractivity contribution in [3.8, 4) is 0 Å². The Morgan fingerprint density at radius 1 is 1.29 bits per heavy atom. The predicted molar refractivity (Wildman–Crippen MR) is 75.6 cm³/mol. The van der Waals surface area contributed by atoms with Crippen LogP contribution in [-0.4, -0.2) is 11.5 Å². The summed E-state index contributed by atoms with van der Waals surface area (Å²) in [6.07, 6.45) is -2.67. The van der Waals surface area contributed by atoms with Gasteiger partial charge in [-0.3, -0.25) is 0 Å². The first kappa shape index (κ1) is 14.2. The quantitative estimate of drug-likeness (QED) is 0.902. The number of pyridine rings is 1. The molecular formula is C15H12ClF3N2. The van der Waals surface area contributed by atoms with Crippen LogP contribution < -0.4 is 5.32 Å². The first-order chi connectivity index (χ1) is 9.95. The summed E-state index contributed by atoms with van der Waals surface area (Å²) in [5.41, 5.74) is 1.75. The lowest BCUT2D eigenvalue weighted by Gasteiger charge is -2.30. The summed E-state index contributed by atoms with van der Waals surface area (Å²) in [6, 6.07) is 9.01. The lowest BCUT2D eigenvalue weighted by molar-refractivity contribution is -0.137. The highest BCUT2D eigenvalue weighted by Gasteiger charge is 2.32. The standard InChI is InChI=1S/C15H12ClF3N2/c16-13-6-11(15(17,18)19)8-21-14(13)20-7-10-5-9-3-1-2-4-12(9)10/h1-4,6,8,10H,5,7H2,(H,20,21). The molecule has 2 nitrogen and oxygen atoms in total. The summed E-state index contributed by atoms with van der Waals surface area (Å²) in [6.45, 7) is 0.606. The van der Waals surface area contributed by atoms with Gasteiger partial charge in [-0.2, -0.15) is 13.2 Å². The van der Waals surface area contributed by atoms with Crippen LogP contribution >= 0.6 is 11.6 Å². The minimum Gasteiger partial charge on any atom is -0.368 e. The zero-order valence-electron chi connectivity index (χ0n) is 10.9. The molecule has 21 heavy (non-hydrogen) atoms. The van der Waals surface area contributed by atoms with Crippen molar-refractivity contribution in [1.82, 2.24) is 4.98 Å². The van der Waals surface area contributed by atoms with Crippen LogP contribution in [0.15, 0.2) is 36.5 Å². The van der Waals surface area contributed by atoms with Crippen LogP contribution in [-0.2, 0) is 12.6 Å². The van der Waals surface area contributed by atoms with Gasteiger partial charge in [-0.25, -0.2) is 4.98 Å². The maximum absolute atomic E-state index is 12.5. The van der Waals surface area contributed by atoms with Crippen LogP contribution in [0.25, 0.3) is 0 Å². The second kappa shape index (κ2) is 5.22. The van der Waals surface area contributed by atoms with Crippen LogP contribution in [0.4, 0.5) is 19.0 Å². The number of nitrogens with one attached hydrogen (secondary N) is 1. The van der Waals surface area contributed by atoms with Gasteiger partial charge in [0.05, 0.1) is 10.6 Å². The molecule has 6 heteroatoms. The summed E-state index contributed by atoms with van der Waals surface area (Å²) in [7, 11) is 0. The van der Waals surface area contributed by atoms with Crippen LogP contribution in [0.5, 0.6) is 0 Å². The molecule has 1 unspecified atom stereocenters. The van der Waals surface area contributed by atoms with Crippen LogP contribution in [0.2, 0.25) is 5.02 Å². The summed E-state index contributed by atoms with van der Waals surface area (Å²) in [4.78, 5) is 3.77. The SMILES string of the molecule is FC(F)(F)c1cnc(NCC2Cc3ccccc32)c(Cl)c1. The lowest BCUT2D eigenvalue weighted by Crippen LogP contribution is -2.24. The molecule has 1 heterocycles. The van der Waals surface area contributed by atoms with Crippen LogP contribution in [0.3, 0.4) is 0 Å². The number of hydrogen-bond acceptors (Lipinski definition) is 2. The fourth-order valence-electron chi connectivity index (χ4n) is 2.49. The summed E-state index contributed by atoms with van der Waals surface area (Å²) >= 11 is 5.86. The first-order valence-electron chi connectivity index (χ1n) is 6.49. The normalized spacial score (nSPS) is 17.0. The molecule has 2 aromatic rings. The molecule has 3 rings (SSSR count). The molecule has 0 aliphatic heterocycles. The monoisotopic (exact) mass is 312 g/mol. The zero-order chi connectivity index (χ0) is 15.0. The van der Waals surface area contributed by atoms with E-state index in [0.29, 0.717) is 12.5 Å². The molecule has 110 valence electrons. The Kier molecular flexibility index (Phi) is 3.53. The number of hydrogen-bond donors (Lipinski definition) is 1. The summed E-state index contributed by atoms with van der Waals surface area (Å²) < 4.78 is 37.6. The average Bonchev–Trinajstić information content (AvgIpc) is 2.40. The molecule has 1 atom stereocenters. The van der Waals surface area contributed by atoms with Crippen molar-refractivity contribution >= 4 is 17.4 Å². The number of benzene rings is 1. The van der Waals surface area contributed by atoms with E-state index in [4.69, 9.17) is 11.6 Å². The van der Waals surface area contributed by atoms with E-state index in [2.05, 4.69) is 22.4 Å². The molecule has 1 N–H and O–H groups in total. The zero-order valence-corrected chi connectivity index (χ0v) is 11.7. The third kappa shape index (κ3) is 2.83. The molecule has 0 spiro atoms. The van der Waals surface area contributed by atoms with Gasteiger partial charge in [0.2, 0.25) is 0 Å². The van der Waals surface area contributed by atoms with E-state index in [1.54, 1.807) is 0 Å². The van der Waals surface area contributed by atoms with Gasteiger partial charge >= 0.3 is 6.18 Å². The van der Waals surface area contributed by atoms with E-state index in [1.165, 1.54) is 11.1 Å². The fraction of sp³-hybridized carbons (Fsp3) is 0.267. The summed E-state index contributed by atoms with van der Waals surface area (Å²) in [5, 5.41) is 3.01. The Balaban J connectivity index is 1.67. The van der Waals surface area contributed by atoms with Gasteiger partial charge < -0.3 is 5.32 Å². The van der Waals surface area contributed by atoms with Crippen molar-refractivity contribution in [2.24, 2.45) is 0 Å². The highest BCUT2D eigenvalue weighted by molar-refractivity contribution is 6.32. The molecule has 1 aliphatic rings. The second-order valence-electron chi connectivity index (χ2n) is 5.03. The van der Waals surface area contributed by atoms with E-state index in [0.717, 1.165) is 18.7 Å². The minimum atomic E-state index is -4.43. The number of anilines is 1. The minimum absolute atomic E-state index is 0.0163. The van der Waals surface area contributed by atoms with E-state index in [-0.39, 0.29) is 10.8 Å². The van der Waals surface area contributed by atoms with Gasteiger partial charge in [0.1, 0.15) is 5.82 Å². The van der Waals surface area contributed by atoms with E-state index in [1.807, 2.05) is 12.1 Å². The molecule has 0 radical (unpaired) electrons. The van der Waals surface area contributed by atoms with E-state index >= 15 is 0 Å². The Bertz CT molecular complexity index is 670. The van der Waals surface area contributed by atoms with Gasteiger partial charge in [0.25, 0.3) is 0 Å². The van der Waals surface area contributed by atoms with Crippen molar-refractivity contribution in [1.29, 1.82) is 0 Å². The molecule has 0 fully saturated rings. The van der Waals surface area contributed by atoms with Gasteiger partial charge in [-0.05, 0) is 23.6 Å². The highest BCUT2D eigenvalue weighted by Crippen LogP contribution is 2.36. The van der Waals surface area contributed by atoms with Gasteiger partial charge in [-0.15, -0.1) is 0 Å². The largest absolute Gasteiger partial charge is 0.417 e. The predicted octanol–water partition coefficient (Wildman–Crippen LogP) is 4.51. The Morgan fingerprint density at radius 3 is 2.71 bits per heavy atom. The topological polar surface area (TPSA) is 24.9 Å². The van der Waals surface area contributed by atoms with Gasteiger partial charge in [-0.1, -0.05) is 35.9 Å². The van der Waals surface area contributed by atoms with Crippen molar-refractivity contribution < 1.29 is 13.2 Å². The smallest absolute Gasteiger partial charge is 0.368 e. The van der Waals surface area contributed by atoms with Crippen molar-refractivity contribution in [3.63, 3.8) is 0 Å². The lowest BCUT2D eigenvalue weighted by atomic mass is 9.77. The molecular weight excluding hydrogens is 301 g/mol. The average molecular weight is 313 g/mol. The molecule has 0 saturated carbocycles. The molecule has 0 amide bonds. The number of aromatic nitrogens is 1. The maximum atomic E-state index is 12.5. The van der Waals surface area contributed by atoms with Gasteiger partial charge in [0, 0.05) is 18.7 Å². The first-order valence-corrected chi connectivity index (χ1v) is 6.87. The van der Waals surface area contributed by atoms with E-state index < -0.39 is 11.7 Å². The van der Waals surface area contributed by atoms with Gasteiger partial charge in [0.15, 0.2) is 0 Å². The Morgan fingerprint density at radius 2 is 2.05 bits per heavy atom. The molecule has 0 saturated heterocycles. The third-order valence-corrected chi connectivity index (χ3v) is 3.93. The maximum Gasteiger partial charge on any atom is 0.417 e. The number of halogens is 4. The van der Waals surface area contributed by atoms with Crippen molar-refractivity contribution in [2.75, 3.05) is 11.9 Å². The second-order valence-corrected chi connectivity index (χ2v) is 5.44. The van der Waals surface area contributed by atoms with Crippen molar-refractivity contribution in [3.05, 3.63) is 58.2 Å². The molecule has 1 aromatic heterocycles. The van der Waals surface area contributed by atoms with Crippen molar-refractivity contribution in [2.45, 2.75) is 18.5 Å². The molecule has 1 aliphatic carbocycles. The molecule has 1 aromatic carbocycles. The van der Waals surface area contributed by atoms with E-state index in [9.17, 15) is 13.2 Å². The highest BCUT2D eigenvalue weighted by atomic mass is 35.5. The summed E-state index contributed by atoms with van der Waals surface area (Å²) in [5.74, 6) is 0.635.